The molecule has 0 bridgehead atoms. The van der Waals surface area contributed by atoms with Crippen LogP contribution >= 0.6 is 11.6 Å². The van der Waals surface area contributed by atoms with Gasteiger partial charge in [-0.2, -0.15) is 0 Å². The third-order valence-corrected chi connectivity index (χ3v) is 1.73. The average Bonchev–Trinajstić information content (AvgIpc) is 2.08. The van der Waals surface area contributed by atoms with E-state index in [9.17, 15) is 9.90 Å². The molecule has 2 N–H and O–H groups in total. The second kappa shape index (κ2) is 4.72. The van der Waals surface area contributed by atoms with E-state index < -0.39 is 5.97 Å². The van der Waals surface area contributed by atoms with Gasteiger partial charge in [-0.05, 0) is 12.1 Å². The Morgan fingerprint density at radius 3 is 2.79 bits per heavy atom. The Hall–Kier alpha value is -1.42. The normalized spacial score (nSPS) is 9.79. The summed E-state index contributed by atoms with van der Waals surface area (Å²) in [6.07, 6.45) is -0.109. The number of halogens is 1. The van der Waals surface area contributed by atoms with Crippen LogP contribution in [0, 0.1) is 0 Å². The second-order valence-corrected chi connectivity index (χ2v) is 3.04. The van der Waals surface area contributed by atoms with E-state index in [1.54, 1.807) is 6.07 Å². The van der Waals surface area contributed by atoms with Crippen LogP contribution in [0.25, 0.3) is 0 Å². The molecule has 0 aliphatic carbocycles. The highest BCUT2D eigenvalue weighted by molar-refractivity contribution is 6.30. The largest absolute Gasteiger partial charge is 0.504 e. The summed E-state index contributed by atoms with van der Waals surface area (Å²) in [7, 11) is 0. The molecule has 1 aromatic rings. The highest BCUT2D eigenvalue weighted by atomic mass is 35.5. The maximum atomic E-state index is 10.2. The Morgan fingerprint density at radius 2 is 2.21 bits per heavy atom. The number of aromatic hydroxyl groups is 1. The zero-order chi connectivity index (χ0) is 10.6. The van der Waals surface area contributed by atoms with Crippen LogP contribution in [0.1, 0.15) is 6.42 Å². The van der Waals surface area contributed by atoms with Crippen LogP contribution in [0.4, 0.5) is 0 Å². The van der Waals surface area contributed by atoms with Gasteiger partial charge in [-0.15, -0.1) is 0 Å². The van der Waals surface area contributed by atoms with Gasteiger partial charge in [0.05, 0.1) is 13.0 Å². The first-order chi connectivity index (χ1) is 6.59. The zero-order valence-corrected chi connectivity index (χ0v) is 7.99. The van der Waals surface area contributed by atoms with Gasteiger partial charge in [-0.25, -0.2) is 0 Å². The molecule has 0 saturated carbocycles. The number of phenols is 1. The highest BCUT2D eigenvalue weighted by Crippen LogP contribution is 2.28. The van der Waals surface area contributed by atoms with Crippen LogP contribution in [0.2, 0.25) is 5.02 Å². The molecule has 0 aromatic heterocycles. The standard InChI is InChI=1S/C9H9ClO4/c10-6-1-2-8(7(11)5-6)14-4-3-9(12)13/h1-2,5,11H,3-4H2,(H,12,13). The van der Waals surface area contributed by atoms with Crippen LogP contribution in [0.3, 0.4) is 0 Å². The van der Waals surface area contributed by atoms with Crippen LogP contribution in [0.5, 0.6) is 11.5 Å². The molecule has 0 aliphatic heterocycles. The minimum absolute atomic E-state index is 0.0184. The lowest BCUT2D eigenvalue weighted by molar-refractivity contribution is -0.137. The Kier molecular flexibility index (Phi) is 3.59. The lowest BCUT2D eigenvalue weighted by Gasteiger charge is -2.06. The highest BCUT2D eigenvalue weighted by Gasteiger charge is 2.03. The predicted molar refractivity (Wildman–Crippen MR) is 50.9 cm³/mol. The molecule has 0 saturated heterocycles. The van der Waals surface area contributed by atoms with E-state index in [1.807, 2.05) is 0 Å². The van der Waals surface area contributed by atoms with Crippen LogP contribution in [-0.4, -0.2) is 22.8 Å². The van der Waals surface area contributed by atoms with E-state index in [1.165, 1.54) is 12.1 Å². The monoisotopic (exact) mass is 216 g/mol. The summed E-state index contributed by atoms with van der Waals surface area (Å²) in [5, 5.41) is 18.0. The number of rotatable bonds is 4. The molecule has 0 heterocycles. The van der Waals surface area contributed by atoms with Crippen molar-refractivity contribution < 1.29 is 19.7 Å². The van der Waals surface area contributed by atoms with Crippen LogP contribution in [-0.2, 0) is 4.79 Å². The molecule has 0 radical (unpaired) electrons. The van der Waals surface area contributed by atoms with E-state index in [0.29, 0.717) is 5.02 Å². The quantitative estimate of drug-likeness (QED) is 0.807. The molecule has 14 heavy (non-hydrogen) atoms. The smallest absolute Gasteiger partial charge is 0.306 e. The van der Waals surface area contributed by atoms with Gasteiger partial charge in [-0.3, -0.25) is 4.79 Å². The van der Waals surface area contributed by atoms with Gasteiger partial charge in [0.25, 0.3) is 0 Å². The van der Waals surface area contributed by atoms with Gasteiger partial charge in [0.15, 0.2) is 11.5 Å². The van der Waals surface area contributed by atoms with Gasteiger partial charge in [0.2, 0.25) is 0 Å². The summed E-state index contributed by atoms with van der Waals surface area (Å²) in [5.41, 5.74) is 0. The van der Waals surface area contributed by atoms with E-state index in [-0.39, 0.29) is 24.5 Å². The lowest BCUT2D eigenvalue weighted by Crippen LogP contribution is -2.04. The summed E-state index contributed by atoms with van der Waals surface area (Å²) >= 11 is 5.59. The molecule has 0 atom stereocenters. The van der Waals surface area contributed by atoms with Crippen molar-refractivity contribution in [3.63, 3.8) is 0 Å². The average molecular weight is 217 g/mol. The second-order valence-electron chi connectivity index (χ2n) is 2.60. The Morgan fingerprint density at radius 1 is 1.50 bits per heavy atom. The van der Waals surface area contributed by atoms with Gasteiger partial charge >= 0.3 is 5.97 Å². The van der Waals surface area contributed by atoms with Crippen molar-refractivity contribution >= 4 is 17.6 Å². The SMILES string of the molecule is O=C(O)CCOc1ccc(Cl)cc1O. The lowest BCUT2D eigenvalue weighted by atomic mass is 10.3. The zero-order valence-electron chi connectivity index (χ0n) is 7.24. The van der Waals surface area contributed by atoms with Gasteiger partial charge in [-0.1, -0.05) is 11.6 Å². The molecule has 76 valence electrons. The maximum Gasteiger partial charge on any atom is 0.306 e. The van der Waals surface area contributed by atoms with Crippen molar-refractivity contribution in [2.45, 2.75) is 6.42 Å². The summed E-state index contributed by atoms with van der Waals surface area (Å²) in [4.78, 5) is 10.2. The van der Waals surface area contributed by atoms with E-state index >= 15 is 0 Å². The number of carboxylic acid groups (broad SMARTS) is 1. The minimum atomic E-state index is -0.946. The van der Waals surface area contributed by atoms with Crippen LogP contribution in [0.15, 0.2) is 18.2 Å². The Labute approximate surface area is 85.7 Å². The topological polar surface area (TPSA) is 66.8 Å². The van der Waals surface area contributed by atoms with Crippen molar-refractivity contribution in [1.29, 1.82) is 0 Å². The fourth-order valence-electron chi connectivity index (χ4n) is 0.861. The Bertz CT molecular complexity index is 338. The van der Waals surface area contributed by atoms with Crippen molar-refractivity contribution in [3.8, 4) is 11.5 Å². The maximum absolute atomic E-state index is 10.2. The molecule has 0 amide bonds. The van der Waals surface area contributed by atoms with E-state index in [0.717, 1.165) is 0 Å². The molecule has 1 aromatic carbocycles. The number of benzene rings is 1. The number of ether oxygens (including phenoxy) is 1. The molecule has 0 unspecified atom stereocenters. The van der Waals surface area contributed by atoms with Crippen molar-refractivity contribution in [2.24, 2.45) is 0 Å². The third-order valence-electron chi connectivity index (χ3n) is 1.49. The number of aliphatic carboxylic acids is 1. The summed E-state index contributed by atoms with van der Waals surface area (Å²) in [6, 6.07) is 4.37. The minimum Gasteiger partial charge on any atom is -0.504 e. The fourth-order valence-corrected chi connectivity index (χ4v) is 1.03. The molecule has 5 heteroatoms. The summed E-state index contributed by atoms with van der Waals surface area (Å²) in [5.74, 6) is -0.808. The number of hydrogen-bond acceptors (Lipinski definition) is 3. The van der Waals surface area contributed by atoms with Gasteiger partial charge in [0, 0.05) is 11.1 Å². The van der Waals surface area contributed by atoms with Gasteiger partial charge < -0.3 is 14.9 Å². The first-order valence-electron chi connectivity index (χ1n) is 3.92. The predicted octanol–water partition coefficient (Wildman–Crippen LogP) is 1.90. The molecule has 0 spiro atoms. The molecular weight excluding hydrogens is 208 g/mol. The fraction of sp³-hybridized carbons (Fsp3) is 0.222. The Balaban J connectivity index is 2.55. The molecule has 0 fully saturated rings. The molecular formula is C9H9ClO4. The third kappa shape index (κ3) is 3.14. The summed E-state index contributed by atoms with van der Waals surface area (Å²) < 4.78 is 5.01. The van der Waals surface area contributed by atoms with Crippen molar-refractivity contribution in [2.75, 3.05) is 6.61 Å². The first kappa shape index (κ1) is 10.7. The van der Waals surface area contributed by atoms with Crippen LogP contribution < -0.4 is 4.74 Å². The van der Waals surface area contributed by atoms with E-state index in [2.05, 4.69) is 0 Å². The number of phenolic OH excluding ortho intramolecular Hbond substituents is 1. The first-order valence-corrected chi connectivity index (χ1v) is 4.30. The van der Waals surface area contributed by atoms with Gasteiger partial charge in [0.1, 0.15) is 0 Å². The molecule has 1 rings (SSSR count). The van der Waals surface area contributed by atoms with E-state index in [4.69, 9.17) is 21.4 Å². The van der Waals surface area contributed by atoms with Crippen molar-refractivity contribution in [1.82, 2.24) is 0 Å². The number of carbonyl (C=O) groups is 1. The number of hydrogen-bond donors (Lipinski definition) is 2. The summed E-state index contributed by atoms with van der Waals surface area (Å²) in [6.45, 7) is 0.0184. The molecule has 4 nitrogen and oxygen atoms in total. The number of carboxylic acids is 1. The molecule has 0 aliphatic rings. The van der Waals surface area contributed by atoms with Crippen molar-refractivity contribution in [3.05, 3.63) is 23.2 Å².